The lowest BCUT2D eigenvalue weighted by Gasteiger charge is -2.35. The van der Waals surface area contributed by atoms with Crippen molar-refractivity contribution in [1.29, 1.82) is 0 Å². The number of benzene rings is 3. The summed E-state index contributed by atoms with van der Waals surface area (Å²) < 4.78 is 102. The highest BCUT2D eigenvalue weighted by molar-refractivity contribution is 7.92. The van der Waals surface area contributed by atoms with Crippen LogP contribution in [0.5, 0.6) is 5.75 Å². The average Bonchev–Trinajstić information content (AvgIpc) is 2.82. The minimum atomic E-state index is -4.95. The fourth-order valence-electron chi connectivity index (χ4n) is 4.01. The van der Waals surface area contributed by atoms with E-state index < -0.39 is 51.0 Å². The molecule has 0 saturated heterocycles. The highest BCUT2D eigenvalue weighted by atomic mass is 32.2. The van der Waals surface area contributed by atoms with E-state index in [1.165, 1.54) is 30.3 Å². The van der Waals surface area contributed by atoms with Crippen molar-refractivity contribution in [1.82, 2.24) is 0 Å². The van der Waals surface area contributed by atoms with E-state index in [4.69, 9.17) is 9.84 Å². The van der Waals surface area contributed by atoms with Crippen LogP contribution in [0.3, 0.4) is 0 Å². The third-order valence-corrected chi connectivity index (χ3v) is 7.59. The van der Waals surface area contributed by atoms with Crippen molar-refractivity contribution < 1.29 is 45.0 Å². The second-order valence-corrected chi connectivity index (χ2v) is 10.4. The van der Waals surface area contributed by atoms with E-state index in [0.29, 0.717) is 11.6 Å². The fourth-order valence-corrected chi connectivity index (χ4v) is 5.61. The molecule has 196 valence electrons. The number of carboxylic acid groups (broad SMARTS) is 1. The van der Waals surface area contributed by atoms with Gasteiger partial charge in [-0.3, -0.25) is 9.10 Å². The van der Waals surface area contributed by atoms with E-state index in [9.17, 15) is 35.2 Å². The summed E-state index contributed by atoms with van der Waals surface area (Å²) in [5.74, 6) is -4.36. The minimum Gasteiger partial charge on any atom is -0.486 e. The van der Waals surface area contributed by atoms with Gasteiger partial charge in [0.2, 0.25) is 0 Å². The van der Waals surface area contributed by atoms with Crippen LogP contribution in [0, 0.1) is 18.6 Å². The Morgan fingerprint density at radius 2 is 1.84 bits per heavy atom. The first-order chi connectivity index (χ1) is 17.3. The van der Waals surface area contributed by atoms with Gasteiger partial charge < -0.3 is 9.84 Å². The Morgan fingerprint density at radius 3 is 2.49 bits per heavy atom. The summed E-state index contributed by atoms with van der Waals surface area (Å²) in [6, 6.07) is 9.99. The van der Waals surface area contributed by atoms with Crippen molar-refractivity contribution in [2.45, 2.75) is 36.9 Å². The second-order valence-electron chi connectivity index (χ2n) is 8.52. The molecule has 1 atom stereocenters. The van der Waals surface area contributed by atoms with Gasteiger partial charge in [-0.2, -0.15) is 13.2 Å². The predicted molar refractivity (Wildman–Crippen MR) is 124 cm³/mol. The number of hydrogen-bond acceptors (Lipinski definition) is 4. The lowest BCUT2D eigenvalue weighted by Crippen LogP contribution is -2.43. The third kappa shape index (κ3) is 5.38. The molecule has 0 unspecified atom stereocenters. The Hall–Kier alpha value is -3.67. The quantitative estimate of drug-likeness (QED) is 0.400. The summed E-state index contributed by atoms with van der Waals surface area (Å²) >= 11 is 0. The number of carbonyl (C=O) groups is 1. The Bertz CT molecular complexity index is 1470. The maximum Gasteiger partial charge on any atom is 0.416 e. The molecule has 0 fully saturated rings. The second kappa shape index (κ2) is 9.66. The van der Waals surface area contributed by atoms with Gasteiger partial charge in [0.05, 0.1) is 22.7 Å². The number of ether oxygens (including phenoxy) is 1. The van der Waals surface area contributed by atoms with Crippen LogP contribution in [0.25, 0.3) is 11.1 Å². The number of halogens is 5. The molecule has 3 aromatic rings. The maximum absolute atomic E-state index is 14.6. The number of alkyl halides is 3. The average molecular weight is 541 g/mol. The third-order valence-electron chi connectivity index (χ3n) is 5.81. The molecule has 0 saturated carbocycles. The largest absolute Gasteiger partial charge is 0.486 e. The summed E-state index contributed by atoms with van der Waals surface area (Å²) in [6.07, 6.45) is -6.12. The molecular formula is C25H20F5NO5S. The number of rotatable bonds is 6. The molecule has 0 bridgehead atoms. The number of anilines is 1. The van der Waals surface area contributed by atoms with Gasteiger partial charge in [0.25, 0.3) is 10.0 Å². The highest BCUT2D eigenvalue weighted by Crippen LogP contribution is 2.42. The van der Waals surface area contributed by atoms with Crippen LogP contribution in [-0.2, 0) is 21.0 Å². The normalized spacial score (nSPS) is 15.7. The van der Waals surface area contributed by atoms with Crippen LogP contribution in [0.15, 0.2) is 59.5 Å². The molecule has 0 amide bonds. The Balaban J connectivity index is 1.86. The number of aryl methyl sites for hydroxylation is 1. The molecule has 6 nitrogen and oxygen atoms in total. The van der Waals surface area contributed by atoms with Crippen molar-refractivity contribution in [3.63, 3.8) is 0 Å². The van der Waals surface area contributed by atoms with Gasteiger partial charge >= 0.3 is 12.1 Å². The van der Waals surface area contributed by atoms with Crippen molar-refractivity contribution in [3.8, 4) is 16.9 Å². The molecule has 12 heteroatoms. The molecule has 0 spiro atoms. The van der Waals surface area contributed by atoms with Gasteiger partial charge in [-0.15, -0.1) is 0 Å². The zero-order valence-electron chi connectivity index (χ0n) is 19.2. The standard InChI is InChI=1S/C25H20F5NO5S/c1-14-3-2-4-18(9-14)37(34,35)31-13-17(6-8-23(32)33)36-22-7-5-15(10-21(22)31)19-11-16(25(28,29)30)12-20(26)24(19)27/h2-5,7,9-12,17H,6,8,13H2,1H3,(H,32,33)/t17-/m0/s1. The number of fused-ring (bicyclic) bond motifs is 1. The van der Waals surface area contributed by atoms with Crippen LogP contribution >= 0.6 is 0 Å². The molecule has 0 aliphatic carbocycles. The number of aliphatic carboxylic acids is 1. The summed E-state index contributed by atoms with van der Waals surface area (Å²) in [6.45, 7) is 1.38. The minimum absolute atomic E-state index is 0.00512. The summed E-state index contributed by atoms with van der Waals surface area (Å²) in [5, 5.41) is 9.03. The van der Waals surface area contributed by atoms with Gasteiger partial charge in [0.15, 0.2) is 11.6 Å². The first-order valence-electron chi connectivity index (χ1n) is 11.0. The molecule has 1 aliphatic heterocycles. The molecule has 1 aliphatic rings. The number of carboxylic acids is 1. The first-order valence-corrected chi connectivity index (χ1v) is 12.4. The Kier molecular flexibility index (Phi) is 6.89. The fraction of sp³-hybridized carbons (Fsp3) is 0.240. The predicted octanol–water partition coefficient (Wildman–Crippen LogP) is 5.78. The topological polar surface area (TPSA) is 83.9 Å². The van der Waals surface area contributed by atoms with Crippen molar-refractivity contribution >= 4 is 21.7 Å². The van der Waals surface area contributed by atoms with Crippen LogP contribution in [0.4, 0.5) is 27.6 Å². The van der Waals surface area contributed by atoms with E-state index in [1.54, 1.807) is 13.0 Å². The summed E-state index contributed by atoms with van der Waals surface area (Å²) in [4.78, 5) is 11.0. The molecule has 0 radical (unpaired) electrons. The van der Waals surface area contributed by atoms with Crippen LogP contribution in [-0.4, -0.2) is 32.1 Å². The SMILES string of the molecule is Cc1cccc(S(=O)(=O)N2C[C@H](CCC(=O)O)Oc3ccc(-c4cc(C(F)(F)F)cc(F)c4F)cc32)c1. The van der Waals surface area contributed by atoms with Crippen molar-refractivity contribution in [3.05, 3.63) is 77.4 Å². The van der Waals surface area contributed by atoms with Gasteiger partial charge in [-0.25, -0.2) is 17.2 Å². The lowest BCUT2D eigenvalue weighted by molar-refractivity contribution is -0.138. The Morgan fingerprint density at radius 1 is 1.11 bits per heavy atom. The zero-order chi connectivity index (χ0) is 27.1. The highest BCUT2D eigenvalue weighted by Gasteiger charge is 2.36. The van der Waals surface area contributed by atoms with Gasteiger partial charge in [0, 0.05) is 12.0 Å². The molecule has 3 aromatic carbocycles. The zero-order valence-corrected chi connectivity index (χ0v) is 20.0. The molecule has 1 N–H and O–H groups in total. The number of hydrogen-bond donors (Lipinski definition) is 1. The van der Waals surface area contributed by atoms with Gasteiger partial charge in [-0.05, 0) is 60.9 Å². The van der Waals surface area contributed by atoms with Crippen LogP contribution in [0.1, 0.15) is 24.0 Å². The summed E-state index contributed by atoms with van der Waals surface area (Å²) in [7, 11) is -4.26. The maximum atomic E-state index is 14.6. The van der Waals surface area contributed by atoms with Gasteiger partial charge in [-0.1, -0.05) is 18.2 Å². The van der Waals surface area contributed by atoms with Crippen LogP contribution < -0.4 is 9.04 Å². The van der Waals surface area contributed by atoms with Crippen molar-refractivity contribution in [2.24, 2.45) is 0 Å². The van der Waals surface area contributed by atoms with E-state index in [-0.39, 0.29) is 47.3 Å². The van der Waals surface area contributed by atoms with E-state index in [2.05, 4.69) is 0 Å². The molecule has 1 heterocycles. The molecule has 37 heavy (non-hydrogen) atoms. The molecule has 4 rings (SSSR count). The monoisotopic (exact) mass is 541 g/mol. The lowest BCUT2D eigenvalue weighted by atomic mass is 10.00. The number of sulfonamides is 1. The molecule has 0 aromatic heterocycles. The van der Waals surface area contributed by atoms with Crippen LogP contribution in [0.2, 0.25) is 0 Å². The number of nitrogens with zero attached hydrogens (tertiary/aromatic N) is 1. The summed E-state index contributed by atoms with van der Waals surface area (Å²) in [5.41, 5.74) is -1.79. The van der Waals surface area contributed by atoms with E-state index >= 15 is 0 Å². The van der Waals surface area contributed by atoms with Crippen molar-refractivity contribution in [2.75, 3.05) is 10.8 Å². The van der Waals surface area contributed by atoms with E-state index in [1.807, 2.05) is 0 Å². The smallest absolute Gasteiger partial charge is 0.416 e. The Labute approximate surface area is 209 Å². The van der Waals surface area contributed by atoms with E-state index in [0.717, 1.165) is 10.4 Å². The molecular weight excluding hydrogens is 521 g/mol. The first kappa shape index (κ1) is 26.4. The van der Waals surface area contributed by atoms with Gasteiger partial charge in [0.1, 0.15) is 11.9 Å².